The Morgan fingerprint density at radius 3 is 2.26 bits per heavy atom. The van der Waals surface area contributed by atoms with Crippen molar-refractivity contribution in [2.24, 2.45) is 0 Å². The third-order valence-corrected chi connectivity index (χ3v) is 5.80. The molecule has 7 nitrogen and oxygen atoms in total. The second-order valence-corrected chi connectivity index (χ2v) is 7.76. The van der Waals surface area contributed by atoms with E-state index in [0.717, 1.165) is 5.56 Å². The minimum atomic E-state index is -0.828. The summed E-state index contributed by atoms with van der Waals surface area (Å²) in [6.07, 6.45) is 0. The molecule has 0 spiro atoms. The lowest BCUT2D eigenvalue weighted by atomic mass is 9.94. The van der Waals surface area contributed by atoms with Crippen LogP contribution in [0.4, 0.5) is 0 Å². The maximum absolute atomic E-state index is 13.2. The van der Waals surface area contributed by atoms with E-state index < -0.39 is 17.7 Å². The van der Waals surface area contributed by atoms with E-state index in [4.69, 9.17) is 14.2 Å². The molecule has 1 atom stereocenters. The first-order valence-electron chi connectivity index (χ1n) is 10.7. The van der Waals surface area contributed by atoms with Crippen molar-refractivity contribution in [3.63, 3.8) is 0 Å². The van der Waals surface area contributed by atoms with Gasteiger partial charge in [0.1, 0.15) is 11.5 Å². The largest absolute Gasteiger partial charge is 0.507 e. The zero-order valence-electron chi connectivity index (χ0n) is 19.1. The van der Waals surface area contributed by atoms with E-state index in [1.165, 1.54) is 26.2 Å². The van der Waals surface area contributed by atoms with Gasteiger partial charge >= 0.3 is 0 Å². The van der Waals surface area contributed by atoms with Crippen molar-refractivity contribution in [2.45, 2.75) is 12.6 Å². The van der Waals surface area contributed by atoms with Gasteiger partial charge in [0, 0.05) is 12.1 Å². The lowest BCUT2D eigenvalue weighted by Gasteiger charge is -2.26. The Kier molecular flexibility index (Phi) is 6.54. The predicted molar refractivity (Wildman–Crippen MR) is 127 cm³/mol. The van der Waals surface area contributed by atoms with Crippen molar-refractivity contribution in [1.29, 1.82) is 0 Å². The molecule has 34 heavy (non-hydrogen) atoms. The van der Waals surface area contributed by atoms with Gasteiger partial charge in [0.05, 0.1) is 32.9 Å². The van der Waals surface area contributed by atoms with Crippen molar-refractivity contribution >= 4 is 17.4 Å². The molecule has 1 aliphatic rings. The molecular formula is C27H25NO6. The number of methoxy groups -OCH3 is 3. The number of hydrogen-bond acceptors (Lipinski definition) is 6. The summed E-state index contributed by atoms with van der Waals surface area (Å²) < 4.78 is 16.0. The average Bonchev–Trinajstić information content (AvgIpc) is 3.13. The smallest absolute Gasteiger partial charge is 0.295 e. The monoisotopic (exact) mass is 459 g/mol. The van der Waals surface area contributed by atoms with E-state index in [0.29, 0.717) is 28.4 Å². The number of amides is 1. The number of hydrogen-bond donors (Lipinski definition) is 1. The van der Waals surface area contributed by atoms with Crippen LogP contribution in [0.2, 0.25) is 0 Å². The van der Waals surface area contributed by atoms with Gasteiger partial charge in [-0.2, -0.15) is 0 Å². The Balaban J connectivity index is 1.90. The first kappa shape index (κ1) is 22.9. The molecule has 4 rings (SSSR count). The highest BCUT2D eigenvalue weighted by molar-refractivity contribution is 6.46. The molecule has 1 unspecified atom stereocenters. The zero-order valence-corrected chi connectivity index (χ0v) is 19.1. The summed E-state index contributed by atoms with van der Waals surface area (Å²) in [5.74, 6) is -0.229. The van der Waals surface area contributed by atoms with Crippen LogP contribution in [0.25, 0.3) is 5.76 Å². The van der Waals surface area contributed by atoms with E-state index in [1.54, 1.807) is 42.5 Å². The molecular weight excluding hydrogens is 434 g/mol. The average molecular weight is 459 g/mol. The lowest BCUT2D eigenvalue weighted by molar-refractivity contribution is -0.140. The van der Waals surface area contributed by atoms with Gasteiger partial charge in [-0.3, -0.25) is 9.59 Å². The second-order valence-electron chi connectivity index (χ2n) is 7.76. The first-order valence-corrected chi connectivity index (χ1v) is 10.7. The van der Waals surface area contributed by atoms with Crippen LogP contribution in [0.3, 0.4) is 0 Å². The Bertz CT molecular complexity index is 1250. The highest BCUT2D eigenvalue weighted by Crippen LogP contribution is 2.42. The Labute approximate surface area is 197 Å². The fourth-order valence-corrected chi connectivity index (χ4v) is 4.12. The lowest BCUT2D eigenvalue weighted by Crippen LogP contribution is -2.29. The topological polar surface area (TPSA) is 85.3 Å². The van der Waals surface area contributed by atoms with Crippen LogP contribution >= 0.6 is 0 Å². The Hall–Kier alpha value is -4.26. The molecule has 0 radical (unpaired) electrons. The number of aliphatic hydroxyl groups excluding tert-OH is 1. The van der Waals surface area contributed by atoms with E-state index in [2.05, 4.69) is 0 Å². The van der Waals surface area contributed by atoms with Gasteiger partial charge in [-0.25, -0.2) is 0 Å². The van der Waals surface area contributed by atoms with Gasteiger partial charge in [-0.15, -0.1) is 0 Å². The van der Waals surface area contributed by atoms with Gasteiger partial charge in [0.2, 0.25) is 0 Å². The third kappa shape index (κ3) is 4.20. The molecule has 3 aromatic rings. The first-order chi connectivity index (χ1) is 16.5. The predicted octanol–water partition coefficient (Wildman–Crippen LogP) is 4.33. The van der Waals surface area contributed by atoms with Crippen LogP contribution in [0.5, 0.6) is 17.2 Å². The van der Waals surface area contributed by atoms with Gasteiger partial charge < -0.3 is 24.2 Å². The summed E-state index contributed by atoms with van der Waals surface area (Å²) in [6.45, 7) is 0.194. The number of likely N-dealkylation sites (tertiary alicyclic amines) is 1. The highest BCUT2D eigenvalue weighted by Gasteiger charge is 2.46. The molecule has 0 aromatic heterocycles. The molecule has 1 N–H and O–H groups in total. The number of aliphatic hydroxyl groups is 1. The van der Waals surface area contributed by atoms with E-state index in [9.17, 15) is 14.7 Å². The summed E-state index contributed by atoms with van der Waals surface area (Å²) in [4.78, 5) is 27.9. The number of carbonyl (C=O) groups is 2. The molecule has 174 valence electrons. The molecule has 0 saturated carbocycles. The number of rotatable bonds is 7. The standard InChI is InChI=1S/C27H25NO6/c1-32-20-11-7-10-19(14-20)25(29)23-24(18-12-13-21(33-2)22(15-18)34-3)28(27(31)26(23)30)16-17-8-5-4-6-9-17/h4-15,24,29H,16H2,1-3H3/b25-23+. The van der Waals surface area contributed by atoms with E-state index in [1.807, 2.05) is 30.3 Å². The van der Waals surface area contributed by atoms with Crippen LogP contribution < -0.4 is 14.2 Å². The molecule has 1 aliphatic heterocycles. The van der Waals surface area contributed by atoms with Crippen LogP contribution in [0.15, 0.2) is 78.4 Å². The number of ketones is 1. The number of ether oxygens (including phenoxy) is 3. The summed E-state index contributed by atoms with van der Waals surface area (Å²) in [6, 6.07) is 20.5. The molecule has 0 bridgehead atoms. The van der Waals surface area contributed by atoms with Crippen molar-refractivity contribution in [1.82, 2.24) is 4.90 Å². The number of carbonyl (C=O) groups excluding carboxylic acids is 2. The minimum Gasteiger partial charge on any atom is -0.507 e. The molecule has 1 fully saturated rings. The van der Waals surface area contributed by atoms with Crippen LogP contribution in [0, 0.1) is 0 Å². The van der Waals surface area contributed by atoms with Crippen molar-refractivity contribution < 1.29 is 28.9 Å². The number of Topliss-reactive ketones (excluding diaryl/α,β-unsaturated/α-hetero) is 1. The summed E-state index contributed by atoms with van der Waals surface area (Å²) in [5, 5.41) is 11.2. The van der Waals surface area contributed by atoms with Crippen LogP contribution in [-0.4, -0.2) is 43.0 Å². The van der Waals surface area contributed by atoms with Gasteiger partial charge in [-0.1, -0.05) is 48.5 Å². The van der Waals surface area contributed by atoms with Gasteiger partial charge in [0.15, 0.2) is 11.5 Å². The minimum absolute atomic E-state index is 0.00130. The van der Waals surface area contributed by atoms with Crippen LogP contribution in [-0.2, 0) is 16.1 Å². The molecule has 7 heteroatoms. The normalized spacial score (nSPS) is 17.0. The van der Waals surface area contributed by atoms with Crippen LogP contribution in [0.1, 0.15) is 22.7 Å². The van der Waals surface area contributed by atoms with Crippen molar-refractivity contribution in [3.8, 4) is 17.2 Å². The Morgan fingerprint density at radius 2 is 1.59 bits per heavy atom. The van der Waals surface area contributed by atoms with Crippen molar-refractivity contribution in [3.05, 3.63) is 95.1 Å². The third-order valence-electron chi connectivity index (χ3n) is 5.80. The fraction of sp³-hybridized carbons (Fsp3) is 0.185. The number of nitrogens with zero attached hydrogens (tertiary/aromatic N) is 1. The van der Waals surface area contributed by atoms with E-state index >= 15 is 0 Å². The Morgan fingerprint density at radius 1 is 0.853 bits per heavy atom. The quantitative estimate of drug-likeness (QED) is 0.322. The number of benzene rings is 3. The maximum Gasteiger partial charge on any atom is 0.295 e. The van der Waals surface area contributed by atoms with Gasteiger partial charge in [0.25, 0.3) is 11.7 Å². The van der Waals surface area contributed by atoms with Gasteiger partial charge in [-0.05, 0) is 35.4 Å². The highest BCUT2D eigenvalue weighted by atomic mass is 16.5. The zero-order chi connectivity index (χ0) is 24.2. The molecule has 1 saturated heterocycles. The maximum atomic E-state index is 13.2. The summed E-state index contributed by atoms with van der Waals surface area (Å²) >= 11 is 0. The van der Waals surface area contributed by atoms with E-state index in [-0.39, 0.29) is 17.9 Å². The SMILES string of the molecule is COc1cccc(/C(O)=C2\C(=O)C(=O)N(Cc3ccccc3)C2c2ccc(OC)c(OC)c2)c1. The summed E-state index contributed by atoms with van der Waals surface area (Å²) in [5.41, 5.74) is 1.84. The molecule has 0 aliphatic carbocycles. The molecule has 1 heterocycles. The second kappa shape index (κ2) is 9.70. The fourth-order valence-electron chi connectivity index (χ4n) is 4.12. The summed E-state index contributed by atoms with van der Waals surface area (Å²) in [7, 11) is 4.56. The molecule has 3 aromatic carbocycles. The van der Waals surface area contributed by atoms with Crippen molar-refractivity contribution in [2.75, 3.05) is 21.3 Å². The molecule has 1 amide bonds.